The maximum absolute atomic E-state index is 12.7. The maximum atomic E-state index is 12.7. The van der Waals surface area contributed by atoms with Crippen LogP contribution < -0.4 is 0 Å². The number of thioether (sulfide) groups is 1. The molecule has 0 aromatic rings. The van der Waals surface area contributed by atoms with Gasteiger partial charge in [0.05, 0.1) is 6.10 Å². The molecule has 4 unspecified atom stereocenters. The number of ether oxygens (including phenoxy) is 1. The van der Waals surface area contributed by atoms with Crippen LogP contribution in [0.15, 0.2) is 0 Å². The summed E-state index contributed by atoms with van der Waals surface area (Å²) in [4.78, 5) is 12.1. The molecule has 6 nitrogen and oxygen atoms in total. The fraction of sp³-hybridized carbons (Fsp3) is 0.964. The van der Waals surface area contributed by atoms with Crippen molar-refractivity contribution >= 4 is 25.8 Å². The summed E-state index contributed by atoms with van der Waals surface area (Å²) in [5.41, 5.74) is 0. The van der Waals surface area contributed by atoms with Gasteiger partial charge in [-0.2, -0.15) is 11.8 Å². The SMILES string of the molecule is CCCCCCCCCCCCSC(CCCCCCC)C(C)OC(CO)(C(=O)O)[P+](=O)OCCC. The third-order valence-corrected chi connectivity index (χ3v) is 9.60. The lowest BCUT2D eigenvalue weighted by Gasteiger charge is -2.28. The van der Waals surface area contributed by atoms with Crippen molar-refractivity contribution in [2.24, 2.45) is 0 Å². The molecule has 0 fully saturated rings. The number of carboxylic acids is 1. The minimum Gasteiger partial charge on any atom is -0.476 e. The van der Waals surface area contributed by atoms with Gasteiger partial charge in [-0.3, -0.25) is 0 Å². The van der Waals surface area contributed by atoms with E-state index in [0.29, 0.717) is 6.42 Å². The summed E-state index contributed by atoms with van der Waals surface area (Å²) in [6.07, 6.45) is 19.9. The van der Waals surface area contributed by atoms with Crippen LogP contribution in [0.3, 0.4) is 0 Å². The number of unbranched alkanes of at least 4 members (excludes halogenated alkanes) is 13. The number of hydrogen-bond donors (Lipinski definition) is 2. The van der Waals surface area contributed by atoms with Crippen molar-refractivity contribution in [1.82, 2.24) is 0 Å². The summed E-state index contributed by atoms with van der Waals surface area (Å²) >= 11 is 1.83. The van der Waals surface area contributed by atoms with E-state index in [1.807, 2.05) is 25.6 Å². The van der Waals surface area contributed by atoms with Crippen LogP contribution in [0.4, 0.5) is 0 Å². The van der Waals surface area contributed by atoms with Gasteiger partial charge in [0.1, 0.15) is 13.2 Å². The Morgan fingerprint density at radius 3 is 1.81 bits per heavy atom. The van der Waals surface area contributed by atoms with Crippen LogP contribution in [0.1, 0.15) is 137 Å². The molecule has 0 aliphatic rings. The second-order valence-corrected chi connectivity index (χ2v) is 12.8. The Kier molecular flexibility index (Phi) is 23.8. The minimum absolute atomic E-state index is 0.0880. The lowest BCUT2D eigenvalue weighted by atomic mass is 10.1. The highest BCUT2D eigenvalue weighted by Crippen LogP contribution is 2.43. The van der Waals surface area contributed by atoms with Crippen LogP contribution in [-0.2, 0) is 18.6 Å². The first-order valence-electron chi connectivity index (χ1n) is 14.6. The third-order valence-electron chi connectivity index (χ3n) is 6.58. The number of aliphatic hydroxyl groups excluding tert-OH is 1. The van der Waals surface area contributed by atoms with Crippen LogP contribution in [0, 0.1) is 0 Å². The van der Waals surface area contributed by atoms with E-state index < -0.39 is 32.1 Å². The van der Waals surface area contributed by atoms with E-state index >= 15 is 0 Å². The van der Waals surface area contributed by atoms with Crippen molar-refractivity contribution in [2.45, 2.75) is 154 Å². The molecular weight excluding hydrogens is 495 g/mol. The second kappa shape index (κ2) is 23.9. The molecule has 0 spiro atoms. The van der Waals surface area contributed by atoms with E-state index in [1.54, 1.807) is 0 Å². The molecule has 0 aliphatic heterocycles. The van der Waals surface area contributed by atoms with Gasteiger partial charge in [-0.1, -0.05) is 111 Å². The summed E-state index contributed by atoms with van der Waals surface area (Å²) in [6, 6.07) is 0. The van der Waals surface area contributed by atoms with Gasteiger partial charge in [-0.25, -0.2) is 4.79 Å². The summed E-state index contributed by atoms with van der Waals surface area (Å²) in [5, 5.41) is 17.6. The van der Waals surface area contributed by atoms with Crippen LogP contribution >= 0.6 is 19.8 Å². The van der Waals surface area contributed by atoms with Crippen LogP contribution in [0.5, 0.6) is 0 Å². The van der Waals surface area contributed by atoms with Crippen LogP contribution in [-0.4, -0.2) is 51.8 Å². The average molecular weight is 552 g/mol. The van der Waals surface area contributed by atoms with Crippen molar-refractivity contribution in [1.29, 1.82) is 0 Å². The number of aliphatic hydroxyl groups is 1. The van der Waals surface area contributed by atoms with E-state index in [2.05, 4.69) is 13.8 Å². The van der Waals surface area contributed by atoms with Gasteiger partial charge in [0.25, 0.3) is 0 Å². The fourth-order valence-corrected chi connectivity index (χ4v) is 6.64. The molecule has 0 heterocycles. The molecule has 0 bridgehead atoms. The van der Waals surface area contributed by atoms with Gasteiger partial charge in [0.15, 0.2) is 0 Å². The fourth-order valence-electron chi connectivity index (χ4n) is 4.22. The molecule has 0 aromatic heterocycles. The van der Waals surface area contributed by atoms with E-state index in [9.17, 15) is 19.6 Å². The molecule has 0 rings (SSSR count). The highest BCUT2D eigenvalue weighted by Gasteiger charge is 2.62. The standard InChI is InChI=1S/C28H55O6PS/c1-5-8-10-12-13-14-15-16-18-20-23-36-26(21-19-17-11-9-6-2)25(4)34-28(24-29,27(30)31)35(32)33-22-7-3/h25-26,29H,5-24H2,1-4H3/p+1. The topological polar surface area (TPSA) is 93.1 Å². The Labute approximate surface area is 226 Å². The molecule has 0 saturated carbocycles. The quantitative estimate of drug-likeness (QED) is 0.0779. The zero-order valence-electron chi connectivity index (χ0n) is 23.7. The summed E-state index contributed by atoms with van der Waals surface area (Å²) in [5.74, 6) is -0.433. The van der Waals surface area contributed by atoms with Gasteiger partial charge in [0.2, 0.25) is 0 Å². The van der Waals surface area contributed by atoms with Gasteiger partial charge in [-0.15, -0.1) is 4.52 Å². The maximum Gasteiger partial charge on any atom is 0.559 e. The Hall–Kier alpha value is -0.200. The minimum atomic E-state index is -2.71. The predicted octanol–water partition coefficient (Wildman–Crippen LogP) is 8.72. The average Bonchev–Trinajstić information content (AvgIpc) is 2.87. The Morgan fingerprint density at radius 2 is 1.33 bits per heavy atom. The van der Waals surface area contributed by atoms with E-state index in [4.69, 9.17) is 9.26 Å². The number of carbonyl (C=O) groups is 1. The molecule has 0 amide bonds. The smallest absolute Gasteiger partial charge is 0.476 e. The van der Waals surface area contributed by atoms with Gasteiger partial charge < -0.3 is 14.9 Å². The van der Waals surface area contributed by atoms with Crippen molar-refractivity contribution in [3.05, 3.63) is 0 Å². The molecule has 0 radical (unpaired) electrons. The molecule has 4 atom stereocenters. The van der Waals surface area contributed by atoms with Crippen molar-refractivity contribution in [2.75, 3.05) is 19.0 Å². The highest BCUT2D eigenvalue weighted by atomic mass is 32.2. The third kappa shape index (κ3) is 15.9. The second-order valence-electron chi connectivity index (χ2n) is 9.96. The molecule has 36 heavy (non-hydrogen) atoms. The molecular formula is C28H56O6PS+. The first-order chi connectivity index (χ1) is 17.4. The van der Waals surface area contributed by atoms with Crippen molar-refractivity contribution < 1.29 is 28.8 Å². The first-order valence-corrected chi connectivity index (χ1v) is 16.9. The number of rotatable bonds is 27. The number of aliphatic carboxylic acids is 1. The molecule has 0 aromatic carbocycles. The summed E-state index contributed by atoms with van der Waals surface area (Å²) in [7, 11) is -2.71. The molecule has 2 N–H and O–H groups in total. The Bertz CT molecular complexity index is 550. The van der Waals surface area contributed by atoms with E-state index in [1.165, 1.54) is 77.0 Å². The van der Waals surface area contributed by atoms with Crippen molar-refractivity contribution in [3.63, 3.8) is 0 Å². The number of carboxylic acid groups (broad SMARTS) is 1. The molecule has 0 saturated heterocycles. The Morgan fingerprint density at radius 1 is 0.833 bits per heavy atom. The highest BCUT2D eigenvalue weighted by molar-refractivity contribution is 7.99. The predicted molar refractivity (Wildman–Crippen MR) is 153 cm³/mol. The summed E-state index contributed by atoms with van der Waals surface area (Å²) < 4.78 is 23.8. The van der Waals surface area contributed by atoms with Crippen LogP contribution in [0.2, 0.25) is 0 Å². The first kappa shape index (κ1) is 35.8. The Balaban J connectivity index is 4.78. The lowest BCUT2D eigenvalue weighted by molar-refractivity contribution is -0.164. The van der Waals surface area contributed by atoms with Crippen molar-refractivity contribution in [3.8, 4) is 0 Å². The van der Waals surface area contributed by atoms with E-state index in [0.717, 1.165) is 31.4 Å². The zero-order chi connectivity index (χ0) is 27.1. The molecule has 214 valence electrons. The monoisotopic (exact) mass is 551 g/mol. The van der Waals surface area contributed by atoms with E-state index in [-0.39, 0.29) is 11.9 Å². The number of hydrogen-bond acceptors (Lipinski definition) is 6. The zero-order valence-corrected chi connectivity index (χ0v) is 25.4. The van der Waals surface area contributed by atoms with Gasteiger partial charge in [0, 0.05) is 5.25 Å². The lowest BCUT2D eigenvalue weighted by Crippen LogP contribution is -2.46. The normalized spacial score (nSPS) is 15.4. The molecule has 8 heteroatoms. The van der Waals surface area contributed by atoms with Crippen LogP contribution in [0.25, 0.3) is 0 Å². The molecule has 0 aliphatic carbocycles. The largest absolute Gasteiger partial charge is 0.559 e. The van der Waals surface area contributed by atoms with Gasteiger partial charge in [-0.05, 0) is 36.5 Å². The van der Waals surface area contributed by atoms with Gasteiger partial charge >= 0.3 is 19.3 Å². The summed E-state index contributed by atoms with van der Waals surface area (Å²) in [6.45, 7) is 7.43.